The average molecular weight is 314 g/mol. The van der Waals surface area contributed by atoms with Crippen molar-refractivity contribution >= 4 is 34.6 Å². The van der Waals surface area contributed by atoms with Crippen LogP contribution in [-0.4, -0.2) is 16.7 Å². The van der Waals surface area contributed by atoms with Gasteiger partial charge in [-0.3, -0.25) is 19.7 Å². The summed E-state index contributed by atoms with van der Waals surface area (Å²) in [5.74, 6) is -1.02. The Bertz CT molecular complexity index is 789. The van der Waals surface area contributed by atoms with Crippen molar-refractivity contribution in [2.24, 2.45) is 5.73 Å². The Morgan fingerprint density at radius 3 is 2.30 bits per heavy atom. The Morgan fingerprint density at radius 2 is 1.74 bits per heavy atom. The molecule has 2 amide bonds. The van der Waals surface area contributed by atoms with Crippen LogP contribution in [0.3, 0.4) is 0 Å². The van der Waals surface area contributed by atoms with Crippen molar-refractivity contribution in [2.75, 3.05) is 10.6 Å². The zero-order chi connectivity index (χ0) is 17.0. The number of nitrogens with zero attached hydrogens (tertiary/aromatic N) is 1. The normalized spacial score (nSPS) is 9.96. The summed E-state index contributed by atoms with van der Waals surface area (Å²) in [6.45, 7) is 1.36. The molecule has 0 atom stereocenters. The highest BCUT2D eigenvalue weighted by atomic mass is 16.6. The van der Waals surface area contributed by atoms with Crippen LogP contribution in [0, 0.1) is 10.1 Å². The number of carbonyl (C=O) groups is 2. The first kappa shape index (κ1) is 16.0. The molecule has 118 valence electrons. The first-order valence-corrected chi connectivity index (χ1v) is 6.60. The highest BCUT2D eigenvalue weighted by Crippen LogP contribution is 2.31. The van der Waals surface area contributed by atoms with Crippen molar-refractivity contribution in [1.82, 2.24) is 0 Å². The fraction of sp³-hybridized carbons (Fsp3) is 0.0667. The standard InChI is InChI=1S/C15H14N4O4/c1-9(20)17-11-4-2-3-5-12(11)18-13-7-6-10(15(16)21)8-14(13)19(22)23/h2-8,18H,1H3,(H2,16,21)(H,17,20). The summed E-state index contributed by atoms with van der Waals surface area (Å²) in [7, 11) is 0. The second-order valence-electron chi connectivity index (χ2n) is 4.71. The molecule has 0 aliphatic rings. The molecule has 2 aromatic carbocycles. The molecule has 0 radical (unpaired) electrons. The van der Waals surface area contributed by atoms with E-state index in [4.69, 9.17) is 5.73 Å². The molecule has 4 N–H and O–H groups in total. The lowest BCUT2D eigenvalue weighted by molar-refractivity contribution is -0.383. The van der Waals surface area contributed by atoms with E-state index in [0.29, 0.717) is 11.4 Å². The topological polar surface area (TPSA) is 127 Å². The Hall–Kier alpha value is -3.42. The van der Waals surface area contributed by atoms with Gasteiger partial charge in [0.2, 0.25) is 11.8 Å². The third-order valence-corrected chi connectivity index (χ3v) is 2.99. The van der Waals surface area contributed by atoms with Crippen molar-refractivity contribution in [3.8, 4) is 0 Å². The number of nitro benzene ring substituents is 1. The van der Waals surface area contributed by atoms with Crippen LogP contribution in [0.4, 0.5) is 22.7 Å². The van der Waals surface area contributed by atoms with Crippen LogP contribution in [0.5, 0.6) is 0 Å². The minimum atomic E-state index is -0.752. The lowest BCUT2D eigenvalue weighted by Crippen LogP contribution is -2.12. The number of nitrogens with one attached hydrogen (secondary N) is 2. The van der Waals surface area contributed by atoms with Gasteiger partial charge in [0.15, 0.2) is 0 Å². The SMILES string of the molecule is CC(=O)Nc1ccccc1Nc1ccc(C(N)=O)cc1[N+](=O)[O-]. The number of benzene rings is 2. The van der Waals surface area contributed by atoms with Crippen molar-refractivity contribution in [3.63, 3.8) is 0 Å². The molecule has 0 saturated heterocycles. The van der Waals surface area contributed by atoms with Crippen LogP contribution in [0.2, 0.25) is 0 Å². The number of nitrogens with two attached hydrogens (primary N) is 1. The van der Waals surface area contributed by atoms with E-state index >= 15 is 0 Å². The van der Waals surface area contributed by atoms with Gasteiger partial charge in [0.25, 0.3) is 5.69 Å². The number of para-hydroxylation sites is 2. The molecule has 2 rings (SSSR count). The fourth-order valence-electron chi connectivity index (χ4n) is 1.98. The Morgan fingerprint density at radius 1 is 1.09 bits per heavy atom. The van der Waals surface area contributed by atoms with Gasteiger partial charge in [-0.1, -0.05) is 12.1 Å². The maximum atomic E-state index is 11.2. The van der Waals surface area contributed by atoms with Crippen LogP contribution < -0.4 is 16.4 Å². The smallest absolute Gasteiger partial charge is 0.293 e. The molecular formula is C15H14N4O4. The van der Waals surface area contributed by atoms with E-state index < -0.39 is 10.8 Å². The first-order chi connectivity index (χ1) is 10.9. The zero-order valence-corrected chi connectivity index (χ0v) is 12.2. The van der Waals surface area contributed by atoms with Crippen molar-refractivity contribution < 1.29 is 14.5 Å². The van der Waals surface area contributed by atoms with Crippen molar-refractivity contribution in [1.29, 1.82) is 0 Å². The Balaban J connectivity index is 2.42. The minimum absolute atomic E-state index is 0.0393. The number of carbonyl (C=O) groups excluding carboxylic acids is 2. The molecule has 0 unspecified atom stereocenters. The third kappa shape index (κ3) is 3.82. The molecule has 0 heterocycles. The van der Waals surface area contributed by atoms with E-state index in [2.05, 4.69) is 10.6 Å². The molecular weight excluding hydrogens is 300 g/mol. The van der Waals surface area contributed by atoms with Crippen molar-refractivity contribution in [3.05, 3.63) is 58.1 Å². The van der Waals surface area contributed by atoms with Gasteiger partial charge in [-0.25, -0.2) is 0 Å². The van der Waals surface area contributed by atoms with Gasteiger partial charge in [0.1, 0.15) is 5.69 Å². The number of anilines is 3. The molecule has 8 heteroatoms. The van der Waals surface area contributed by atoms with E-state index in [1.807, 2.05) is 0 Å². The fourth-order valence-corrected chi connectivity index (χ4v) is 1.98. The number of nitro groups is 1. The van der Waals surface area contributed by atoms with Gasteiger partial charge in [-0.15, -0.1) is 0 Å². The van der Waals surface area contributed by atoms with E-state index in [1.54, 1.807) is 24.3 Å². The van der Waals surface area contributed by atoms with E-state index in [1.165, 1.54) is 19.1 Å². The maximum absolute atomic E-state index is 11.2. The number of amides is 2. The molecule has 0 saturated carbocycles. The predicted octanol–water partition coefficient (Wildman–Crippen LogP) is 2.40. The van der Waals surface area contributed by atoms with E-state index in [9.17, 15) is 19.7 Å². The van der Waals surface area contributed by atoms with Crippen LogP contribution in [0.25, 0.3) is 0 Å². The minimum Gasteiger partial charge on any atom is -0.366 e. The quantitative estimate of drug-likeness (QED) is 0.576. The van der Waals surface area contributed by atoms with Crippen LogP contribution in [-0.2, 0) is 4.79 Å². The molecule has 8 nitrogen and oxygen atoms in total. The molecule has 2 aromatic rings. The monoisotopic (exact) mass is 314 g/mol. The summed E-state index contributed by atoms with van der Waals surface area (Å²) in [5, 5.41) is 16.7. The number of rotatable bonds is 5. The van der Waals surface area contributed by atoms with Gasteiger partial charge in [-0.2, -0.15) is 0 Å². The number of hydrogen-bond acceptors (Lipinski definition) is 5. The summed E-state index contributed by atoms with van der Waals surface area (Å²) in [5.41, 5.74) is 6.02. The van der Waals surface area contributed by atoms with Gasteiger partial charge >= 0.3 is 0 Å². The van der Waals surface area contributed by atoms with Crippen LogP contribution >= 0.6 is 0 Å². The summed E-state index contributed by atoms with van der Waals surface area (Å²) in [4.78, 5) is 32.9. The summed E-state index contributed by atoms with van der Waals surface area (Å²) >= 11 is 0. The molecule has 23 heavy (non-hydrogen) atoms. The van der Waals surface area contributed by atoms with Gasteiger partial charge in [0.05, 0.1) is 16.3 Å². The molecule has 0 aliphatic heterocycles. The molecule has 0 aliphatic carbocycles. The lowest BCUT2D eigenvalue weighted by Gasteiger charge is -2.12. The molecule has 0 bridgehead atoms. The van der Waals surface area contributed by atoms with Crippen LogP contribution in [0.15, 0.2) is 42.5 Å². The molecule has 0 spiro atoms. The first-order valence-electron chi connectivity index (χ1n) is 6.60. The zero-order valence-electron chi connectivity index (χ0n) is 12.2. The maximum Gasteiger partial charge on any atom is 0.293 e. The Kier molecular flexibility index (Phi) is 4.55. The number of primary amides is 1. The lowest BCUT2D eigenvalue weighted by atomic mass is 10.1. The number of hydrogen-bond donors (Lipinski definition) is 3. The average Bonchev–Trinajstić information content (AvgIpc) is 2.48. The van der Waals surface area contributed by atoms with Gasteiger partial charge < -0.3 is 16.4 Å². The van der Waals surface area contributed by atoms with Crippen LogP contribution in [0.1, 0.15) is 17.3 Å². The van der Waals surface area contributed by atoms with Gasteiger partial charge in [0, 0.05) is 18.6 Å². The third-order valence-electron chi connectivity index (χ3n) is 2.99. The predicted molar refractivity (Wildman–Crippen MR) is 85.6 cm³/mol. The second-order valence-corrected chi connectivity index (χ2v) is 4.71. The highest BCUT2D eigenvalue weighted by molar-refractivity contribution is 5.96. The summed E-state index contributed by atoms with van der Waals surface area (Å²) in [6, 6.07) is 10.6. The molecule has 0 aromatic heterocycles. The second kappa shape index (κ2) is 6.56. The Labute approximate surface area is 131 Å². The highest BCUT2D eigenvalue weighted by Gasteiger charge is 2.17. The van der Waals surface area contributed by atoms with E-state index in [-0.39, 0.29) is 22.8 Å². The molecule has 0 fully saturated rings. The largest absolute Gasteiger partial charge is 0.366 e. The van der Waals surface area contributed by atoms with E-state index in [0.717, 1.165) is 6.07 Å². The van der Waals surface area contributed by atoms with Crippen molar-refractivity contribution in [2.45, 2.75) is 6.92 Å². The summed E-state index contributed by atoms with van der Waals surface area (Å²) in [6.07, 6.45) is 0. The summed E-state index contributed by atoms with van der Waals surface area (Å²) < 4.78 is 0. The van der Waals surface area contributed by atoms with Gasteiger partial charge in [-0.05, 0) is 24.3 Å².